The second kappa shape index (κ2) is 6.04. The fraction of sp³-hybridized carbons (Fsp3) is 0.286. The Kier molecular flexibility index (Phi) is 4.39. The first-order chi connectivity index (χ1) is 9.11. The number of aromatic nitrogens is 2. The maximum absolute atomic E-state index is 5.42. The van der Waals surface area contributed by atoms with E-state index in [2.05, 4.69) is 53.5 Å². The minimum absolute atomic E-state index is 0.549. The average molecular weight is 274 g/mol. The highest BCUT2D eigenvalue weighted by atomic mass is 32.2. The first-order valence-corrected chi connectivity index (χ1v) is 6.99. The molecule has 0 bridgehead atoms. The number of hydrogen-bond donors (Lipinski definition) is 2. The van der Waals surface area contributed by atoms with E-state index in [9.17, 15) is 0 Å². The van der Waals surface area contributed by atoms with Crippen molar-refractivity contribution in [2.45, 2.75) is 36.6 Å². The zero-order valence-corrected chi connectivity index (χ0v) is 12.2. The van der Waals surface area contributed by atoms with E-state index < -0.39 is 0 Å². The topological polar surface area (TPSA) is 63.8 Å². The molecule has 0 amide bonds. The number of hydrogen-bond acceptors (Lipinski definition) is 5. The van der Waals surface area contributed by atoms with E-state index in [4.69, 9.17) is 5.84 Å². The van der Waals surface area contributed by atoms with Gasteiger partial charge in [0, 0.05) is 10.5 Å². The molecular formula is C14H18N4S. The van der Waals surface area contributed by atoms with Crippen LogP contribution in [0.5, 0.6) is 0 Å². The van der Waals surface area contributed by atoms with E-state index in [0.717, 1.165) is 15.5 Å². The number of rotatable bonds is 4. The molecule has 19 heavy (non-hydrogen) atoms. The van der Waals surface area contributed by atoms with Crippen molar-refractivity contribution < 1.29 is 0 Å². The Morgan fingerprint density at radius 3 is 2.42 bits per heavy atom. The van der Waals surface area contributed by atoms with Gasteiger partial charge in [0.05, 0.1) is 0 Å². The van der Waals surface area contributed by atoms with E-state index >= 15 is 0 Å². The minimum Gasteiger partial charge on any atom is -0.308 e. The van der Waals surface area contributed by atoms with Gasteiger partial charge in [-0.05, 0) is 30.5 Å². The lowest BCUT2D eigenvalue weighted by Gasteiger charge is -2.09. The van der Waals surface area contributed by atoms with Crippen molar-refractivity contribution in [1.29, 1.82) is 0 Å². The van der Waals surface area contributed by atoms with Gasteiger partial charge in [0.2, 0.25) is 0 Å². The highest BCUT2D eigenvalue weighted by molar-refractivity contribution is 7.99. The standard InChI is InChI=1S/C14H18N4S/c1-9(2)11-4-6-12(7-5-11)19-14-10(3)13(18-15)16-8-17-14/h4-9H,15H2,1-3H3,(H,16,17,18). The fourth-order valence-corrected chi connectivity index (χ4v) is 2.56. The SMILES string of the molecule is Cc1c(NN)ncnc1Sc1ccc(C(C)C)cc1. The number of benzene rings is 1. The Morgan fingerprint density at radius 1 is 1.16 bits per heavy atom. The summed E-state index contributed by atoms with van der Waals surface area (Å²) in [5, 5.41) is 0.917. The van der Waals surface area contributed by atoms with Gasteiger partial charge in [0.25, 0.3) is 0 Å². The monoisotopic (exact) mass is 274 g/mol. The largest absolute Gasteiger partial charge is 0.308 e. The lowest BCUT2D eigenvalue weighted by Crippen LogP contribution is -2.10. The van der Waals surface area contributed by atoms with Gasteiger partial charge < -0.3 is 5.43 Å². The quantitative estimate of drug-likeness (QED) is 0.508. The number of nitrogens with two attached hydrogens (primary N) is 1. The Balaban J connectivity index is 2.21. The van der Waals surface area contributed by atoms with Gasteiger partial charge in [-0.15, -0.1) is 0 Å². The summed E-state index contributed by atoms with van der Waals surface area (Å²) in [4.78, 5) is 9.53. The highest BCUT2D eigenvalue weighted by Crippen LogP contribution is 2.31. The zero-order chi connectivity index (χ0) is 13.8. The number of nitrogens with zero attached hydrogens (tertiary/aromatic N) is 2. The molecule has 0 radical (unpaired) electrons. The van der Waals surface area contributed by atoms with Crippen molar-refractivity contribution >= 4 is 17.6 Å². The predicted molar refractivity (Wildman–Crippen MR) is 79.2 cm³/mol. The molecule has 1 aromatic carbocycles. The molecule has 3 N–H and O–H groups in total. The predicted octanol–water partition coefficient (Wildman–Crippen LogP) is 3.35. The third kappa shape index (κ3) is 3.24. The molecule has 5 heteroatoms. The fourth-order valence-electron chi connectivity index (χ4n) is 1.71. The molecule has 0 saturated heterocycles. The molecule has 0 fully saturated rings. The molecule has 0 aliphatic heterocycles. The first-order valence-electron chi connectivity index (χ1n) is 6.18. The molecule has 100 valence electrons. The molecular weight excluding hydrogens is 256 g/mol. The third-order valence-electron chi connectivity index (χ3n) is 2.94. The maximum Gasteiger partial charge on any atom is 0.147 e. The van der Waals surface area contributed by atoms with E-state index in [1.165, 1.54) is 11.9 Å². The molecule has 1 heterocycles. The van der Waals surface area contributed by atoms with Crippen molar-refractivity contribution in [2.24, 2.45) is 5.84 Å². The van der Waals surface area contributed by atoms with Crippen LogP contribution in [0.3, 0.4) is 0 Å². The molecule has 0 aliphatic carbocycles. The van der Waals surface area contributed by atoms with E-state index in [1.807, 2.05) is 6.92 Å². The van der Waals surface area contributed by atoms with Crippen LogP contribution in [0.2, 0.25) is 0 Å². The lowest BCUT2D eigenvalue weighted by atomic mass is 10.0. The summed E-state index contributed by atoms with van der Waals surface area (Å²) in [5.41, 5.74) is 4.88. The summed E-state index contributed by atoms with van der Waals surface area (Å²) in [6, 6.07) is 8.56. The summed E-state index contributed by atoms with van der Waals surface area (Å²) in [6.45, 7) is 6.34. The number of hydrazine groups is 1. The van der Waals surface area contributed by atoms with Crippen molar-refractivity contribution in [3.05, 3.63) is 41.7 Å². The summed E-state index contributed by atoms with van der Waals surface area (Å²) >= 11 is 1.62. The van der Waals surface area contributed by atoms with E-state index in [-0.39, 0.29) is 0 Å². The summed E-state index contributed by atoms with van der Waals surface area (Å²) in [7, 11) is 0. The van der Waals surface area contributed by atoms with E-state index in [1.54, 1.807) is 11.8 Å². The van der Waals surface area contributed by atoms with Gasteiger partial charge in [0.15, 0.2) is 0 Å². The molecule has 0 aliphatic rings. The van der Waals surface area contributed by atoms with E-state index in [0.29, 0.717) is 11.7 Å². The average Bonchev–Trinajstić information content (AvgIpc) is 2.42. The van der Waals surface area contributed by atoms with Gasteiger partial charge >= 0.3 is 0 Å². The smallest absolute Gasteiger partial charge is 0.147 e. The van der Waals surface area contributed by atoms with Crippen LogP contribution >= 0.6 is 11.8 Å². The van der Waals surface area contributed by atoms with Crippen molar-refractivity contribution in [3.63, 3.8) is 0 Å². The summed E-state index contributed by atoms with van der Waals surface area (Å²) in [5.74, 6) is 6.63. The van der Waals surface area contributed by atoms with Crippen LogP contribution in [0.15, 0.2) is 40.5 Å². The Morgan fingerprint density at radius 2 is 1.84 bits per heavy atom. The Hall–Kier alpha value is -1.59. The van der Waals surface area contributed by atoms with Crippen LogP contribution in [-0.2, 0) is 0 Å². The molecule has 0 atom stereocenters. The molecule has 0 unspecified atom stereocenters. The molecule has 2 rings (SSSR count). The van der Waals surface area contributed by atoms with Crippen molar-refractivity contribution in [3.8, 4) is 0 Å². The maximum atomic E-state index is 5.42. The Bertz CT molecular complexity index is 552. The van der Waals surface area contributed by atoms with Crippen LogP contribution in [0, 0.1) is 6.92 Å². The molecule has 4 nitrogen and oxygen atoms in total. The molecule has 0 spiro atoms. The van der Waals surface area contributed by atoms with Gasteiger partial charge in [0.1, 0.15) is 17.2 Å². The number of nitrogens with one attached hydrogen (secondary N) is 1. The van der Waals surface area contributed by atoms with Crippen LogP contribution in [0.1, 0.15) is 30.9 Å². The van der Waals surface area contributed by atoms with Gasteiger partial charge in [-0.3, -0.25) is 0 Å². The van der Waals surface area contributed by atoms with Gasteiger partial charge in [-0.2, -0.15) is 0 Å². The minimum atomic E-state index is 0.549. The number of nitrogen functional groups attached to an aromatic ring is 1. The normalized spacial score (nSPS) is 10.8. The number of anilines is 1. The summed E-state index contributed by atoms with van der Waals surface area (Å²) < 4.78 is 0. The highest BCUT2D eigenvalue weighted by Gasteiger charge is 2.08. The van der Waals surface area contributed by atoms with Crippen LogP contribution in [0.25, 0.3) is 0 Å². The van der Waals surface area contributed by atoms with Crippen LogP contribution < -0.4 is 11.3 Å². The molecule has 1 aromatic heterocycles. The molecule has 2 aromatic rings. The zero-order valence-electron chi connectivity index (χ0n) is 11.3. The Labute approximate surface area is 117 Å². The third-order valence-corrected chi connectivity index (χ3v) is 4.05. The van der Waals surface area contributed by atoms with Gasteiger partial charge in [-0.1, -0.05) is 37.7 Å². The lowest BCUT2D eigenvalue weighted by molar-refractivity contribution is 0.865. The summed E-state index contributed by atoms with van der Waals surface area (Å²) in [6.07, 6.45) is 1.52. The second-order valence-corrected chi connectivity index (χ2v) is 5.68. The van der Waals surface area contributed by atoms with Crippen molar-refractivity contribution in [1.82, 2.24) is 9.97 Å². The van der Waals surface area contributed by atoms with Crippen LogP contribution in [-0.4, -0.2) is 9.97 Å². The molecule has 0 saturated carbocycles. The second-order valence-electron chi connectivity index (χ2n) is 4.62. The van der Waals surface area contributed by atoms with Gasteiger partial charge in [-0.25, -0.2) is 15.8 Å². The first kappa shape index (κ1) is 13.8. The van der Waals surface area contributed by atoms with Crippen LogP contribution in [0.4, 0.5) is 5.82 Å². The van der Waals surface area contributed by atoms with Crippen molar-refractivity contribution in [2.75, 3.05) is 5.43 Å².